The summed E-state index contributed by atoms with van der Waals surface area (Å²) in [7, 11) is 0. The minimum Gasteiger partial charge on any atom is -0.197 e. The molecule has 0 aliphatic carbocycles. The van der Waals surface area contributed by atoms with Gasteiger partial charge in [-0.3, -0.25) is 0 Å². The maximum Gasteiger partial charge on any atom is 0.584 e. The van der Waals surface area contributed by atoms with Crippen molar-refractivity contribution < 1.29 is 66.9 Å². The number of nitrogens with zero attached hydrogens (tertiary/aromatic N) is 21. The fourth-order valence-corrected chi connectivity index (χ4v) is 18.8. The lowest BCUT2D eigenvalue weighted by atomic mass is 9.84. The van der Waals surface area contributed by atoms with Crippen molar-refractivity contribution in [3.05, 3.63) is 257 Å². The van der Waals surface area contributed by atoms with E-state index in [0.29, 0.717) is 28.9 Å². The molecule has 3 unspecified atom stereocenters. The second-order valence-corrected chi connectivity index (χ2v) is 38.1. The average molecular weight is 1680 g/mol. The van der Waals surface area contributed by atoms with Crippen molar-refractivity contribution in [2.24, 2.45) is 0 Å². The number of rotatable bonds is 3. The smallest absolute Gasteiger partial charge is 0.197 e. The van der Waals surface area contributed by atoms with Gasteiger partial charge in [-0.25, -0.2) is 0 Å². The van der Waals surface area contributed by atoms with Crippen molar-refractivity contribution in [1.82, 2.24) is 73.6 Å². The molecular formula is C94H90F9N21+6. The summed E-state index contributed by atoms with van der Waals surface area (Å²) in [5.74, 6) is -6.71. The molecule has 21 nitrogen and oxygen atoms in total. The van der Waals surface area contributed by atoms with Gasteiger partial charge in [0.25, 0.3) is 34.6 Å². The number of alkyl halides is 9. The molecule has 0 N–H and O–H groups in total. The predicted molar refractivity (Wildman–Crippen MR) is 443 cm³/mol. The van der Waals surface area contributed by atoms with E-state index in [9.17, 15) is 39.5 Å². The summed E-state index contributed by atoms with van der Waals surface area (Å²) in [4.78, 5) is 12.3. The summed E-state index contributed by atoms with van der Waals surface area (Å²) in [6, 6.07) is 50.9. The van der Waals surface area contributed by atoms with Gasteiger partial charge in [-0.15, -0.1) is 29.3 Å². The number of halogens is 9. The fraction of sp³-hybridized carbons (Fsp3) is 0.330. The molecule has 18 heterocycles. The van der Waals surface area contributed by atoms with Gasteiger partial charge in [0.1, 0.15) is 17.1 Å². The average Bonchev–Trinajstić information content (AvgIpc) is 1.50. The fourth-order valence-electron chi connectivity index (χ4n) is 18.8. The van der Waals surface area contributed by atoms with Crippen LogP contribution in [0.1, 0.15) is 191 Å². The summed E-state index contributed by atoms with van der Waals surface area (Å²) in [6.07, 6.45) is -2.57. The monoisotopic (exact) mass is 1680 g/mol. The Labute approximate surface area is 707 Å². The van der Waals surface area contributed by atoms with Crippen LogP contribution in [0.5, 0.6) is 0 Å². The molecule has 30 heteroatoms. The van der Waals surface area contributed by atoms with E-state index < -0.39 is 53.7 Å². The third-order valence-electron chi connectivity index (χ3n) is 24.8. The van der Waals surface area contributed by atoms with E-state index in [1.807, 2.05) is 164 Å². The summed E-state index contributed by atoms with van der Waals surface area (Å²) in [5.41, 5.74) is 17.6. The van der Waals surface area contributed by atoms with Crippen LogP contribution < -0.4 is 27.4 Å². The second-order valence-electron chi connectivity index (χ2n) is 38.1. The molecule has 0 bridgehead atoms. The molecular weight excluding hydrogens is 1590 g/mol. The second kappa shape index (κ2) is 25.8. The third kappa shape index (κ3) is 11.3. The molecule has 6 aliphatic rings. The van der Waals surface area contributed by atoms with E-state index in [1.54, 1.807) is 14.0 Å². The number of benzene rings is 4. The zero-order valence-corrected chi connectivity index (χ0v) is 71.8. The van der Waals surface area contributed by atoms with Crippen LogP contribution in [-0.4, -0.2) is 73.6 Å². The minimum atomic E-state index is -4.74. The molecule has 6 aliphatic heterocycles. The van der Waals surface area contributed by atoms with Crippen molar-refractivity contribution in [3.8, 4) is 79.8 Å². The van der Waals surface area contributed by atoms with E-state index >= 15 is 0 Å². The van der Waals surface area contributed by atoms with Crippen LogP contribution in [0.15, 0.2) is 189 Å². The topological polar surface area (TPSA) is 169 Å². The number of hydrogen-bond donors (Lipinski definition) is 0. The molecule has 22 rings (SSSR count). The maximum absolute atomic E-state index is 14.4. The summed E-state index contributed by atoms with van der Waals surface area (Å²) >= 11 is 0. The van der Waals surface area contributed by atoms with Gasteiger partial charge >= 0.3 is 36.3 Å². The normalized spacial score (nSPS) is 17.4. The Balaban J connectivity index is 0.000000119. The molecule has 0 saturated heterocycles. The van der Waals surface area contributed by atoms with E-state index in [-0.39, 0.29) is 39.1 Å². The summed E-state index contributed by atoms with van der Waals surface area (Å²) in [5, 5.41) is 32.2. The maximum atomic E-state index is 14.4. The molecule has 4 aromatic carbocycles. The van der Waals surface area contributed by atoms with Crippen molar-refractivity contribution in [3.63, 3.8) is 0 Å². The zero-order valence-electron chi connectivity index (χ0n) is 71.8. The summed E-state index contributed by atoms with van der Waals surface area (Å²) in [6.45, 7) is 40.1. The van der Waals surface area contributed by atoms with E-state index in [2.05, 4.69) is 214 Å². The van der Waals surface area contributed by atoms with Gasteiger partial charge in [0.15, 0.2) is 37.2 Å². The Morgan fingerprint density at radius 3 is 1.12 bits per heavy atom. The minimum absolute atomic E-state index is 0.0766. The lowest BCUT2D eigenvalue weighted by molar-refractivity contribution is -0.990. The third-order valence-corrected chi connectivity index (χ3v) is 24.8. The van der Waals surface area contributed by atoms with E-state index in [0.717, 1.165) is 111 Å². The molecule has 0 saturated carbocycles. The Morgan fingerprint density at radius 1 is 0.315 bits per heavy atom. The van der Waals surface area contributed by atoms with E-state index in [4.69, 9.17) is 15.3 Å². The van der Waals surface area contributed by atoms with Crippen LogP contribution in [0.4, 0.5) is 39.5 Å². The molecule has 3 spiro atoms. The molecule has 3 atom stereocenters. The highest BCUT2D eigenvalue weighted by atomic mass is 19.4. The highest BCUT2D eigenvalue weighted by Crippen LogP contribution is 2.48. The van der Waals surface area contributed by atoms with Gasteiger partial charge in [-0.2, -0.15) is 69.8 Å². The van der Waals surface area contributed by atoms with E-state index in [1.165, 1.54) is 30.7 Å². The van der Waals surface area contributed by atoms with Crippen molar-refractivity contribution in [2.75, 3.05) is 0 Å². The van der Waals surface area contributed by atoms with Crippen LogP contribution >= 0.6 is 0 Å². The molecule has 124 heavy (non-hydrogen) atoms. The van der Waals surface area contributed by atoms with Crippen LogP contribution in [0.2, 0.25) is 0 Å². The van der Waals surface area contributed by atoms with Gasteiger partial charge in [0, 0.05) is 65.4 Å². The lowest BCUT2D eigenvalue weighted by Gasteiger charge is -2.20. The Hall–Kier alpha value is -13.0. The Morgan fingerprint density at radius 2 is 0.702 bits per heavy atom. The van der Waals surface area contributed by atoms with Crippen LogP contribution in [0.25, 0.3) is 112 Å². The highest BCUT2D eigenvalue weighted by molar-refractivity contribution is 5.96. The van der Waals surface area contributed by atoms with Gasteiger partial charge < -0.3 is 0 Å². The van der Waals surface area contributed by atoms with Gasteiger partial charge in [0.2, 0.25) is 34.6 Å². The predicted octanol–water partition coefficient (Wildman–Crippen LogP) is 17.2. The first kappa shape index (κ1) is 79.5. The Kier molecular flexibility index (Phi) is 16.5. The molecule has 0 radical (unpaired) electrons. The van der Waals surface area contributed by atoms with Crippen LogP contribution in [0, 0.1) is 20.8 Å². The summed E-state index contributed by atoms with van der Waals surface area (Å²) < 4.78 is 148. The molecule has 16 aromatic rings. The zero-order chi connectivity index (χ0) is 87.8. The molecule has 0 fully saturated rings. The first-order valence-electron chi connectivity index (χ1n) is 41.4. The molecule has 0 amide bonds. The lowest BCUT2D eigenvalue weighted by Crippen LogP contribution is -2.77. The van der Waals surface area contributed by atoms with Gasteiger partial charge in [0.05, 0.1) is 22.5 Å². The largest absolute Gasteiger partial charge is 0.584 e. The SMILES string of the molecule is Cc1cc2n(n1)C1(n3nc(C(F)(F)F)nc3-c3c4ccc(-c5c(C(C)C)cccc5C(C)C)cc4cc[n+]31)[n+]1ccc(C(C)(C)C)cc1-2.Cc1cc2n(n1)C1(n3nc(C(F)(F)F)nc3-c3cc4cc(C(C)(C)C)ccc4c[n+]31)[n+]1ccc(C(C)(C)C)cc1-2.Cc1cc2n(n1)C1(n3nc(C(F)(F)F)nc3-c3cc4cc(C(C)(C)C)ccc4c[n+]31)[n+]1ccccc1-2. The number of aromatic nitrogens is 21. The number of aryl methyl sites for hydroxylation is 3. The van der Waals surface area contributed by atoms with Crippen molar-refractivity contribution in [2.45, 2.75) is 201 Å². The van der Waals surface area contributed by atoms with Crippen molar-refractivity contribution >= 4 is 32.3 Å². The van der Waals surface area contributed by atoms with Gasteiger partial charge in [-0.05, 0) is 163 Å². The van der Waals surface area contributed by atoms with Gasteiger partial charge in [-0.1, -0.05) is 201 Å². The molecule has 12 aromatic heterocycles. The van der Waals surface area contributed by atoms with Crippen LogP contribution in [0.3, 0.4) is 0 Å². The first-order valence-corrected chi connectivity index (χ1v) is 41.4. The standard InChI is InChI=1S/C38H38F3N7.C30H30F3N7.C26H22F3N7/c1-21(2)27-10-9-11-28(22(3)4)32(27)25-12-13-29-24(19-25)14-16-46-33(29)34-42-35(37(39,40)41)44-48(34)38(46)45-17-15-26(36(6,7)8)20-30(45)31-18-23(5)43-47(31)38;1-17-12-23-22-15-21(28(5,6)7)10-11-37(22)30(39(23)35-17)38-16-18-8-9-20(27(2,3)4)13-19(18)14-24(38)25-34-26(29(31,32)33)36-40(25)30;1-15-11-20-19-7-5-6-10-33(19)26(35(20)31-15)34-14-16-8-9-18(24(2,3)4)12-17(16)13-21(34)22-30-23(25(27,28)29)32-36(22)26/h9-22H,1-8H3;8-16H,1-7H3;5-14H,1-4H3/q3*+2. The highest BCUT2D eigenvalue weighted by Gasteiger charge is 2.75. The van der Waals surface area contributed by atoms with Crippen molar-refractivity contribution in [1.29, 1.82) is 0 Å². The first-order chi connectivity index (χ1) is 58.2. The number of hydrogen-bond acceptors (Lipinski definition) is 9. The quantitative estimate of drug-likeness (QED) is 0.123. The van der Waals surface area contributed by atoms with Crippen LogP contribution in [-0.2, 0) is 57.9 Å². The Bertz CT molecular complexity index is 7250. The number of fused-ring (bicyclic) bond motifs is 34. The molecule has 628 valence electrons. The number of pyridine rings is 6.